The van der Waals surface area contributed by atoms with Gasteiger partial charge in [-0.25, -0.2) is 8.42 Å². The molecule has 1 heterocycles. The van der Waals surface area contributed by atoms with Crippen molar-refractivity contribution in [2.75, 3.05) is 17.1 Å². The Labute approximate surface area is 164 Å². The number of hydrogen-bond donors (Lipinski definition) is 2. The van der Waals surface area contributed by atoms with Crippen LogP contribution in [0.3, 0.4) is 0 Å². The Morgan fingerprint density at radius 3 is 2.59 bits per heavy atom. The van der Waals surface area contributed by atoms with Crippen LogP contribution in [0.2, 0.25) is 0 Å². The van der Waals surface area contributed by atoms with Crippen LogP contribution in [0.5, 0.6) is 5.75 Å². The average molecular weight is 451 g/mol. The van der Waals surface area contributed by atoms with E-state index in [9.17, 15) is 13.2 Å². The maximum atomic E-state index is 12.6. The molecule has 1 amide bonds. The van der Waals surface area contributed by atoms with E-state index in [4.69, 9.17) is 9.15 Å². The van der Waals surface area contributed by atoms with Crippen molar-refractivity contribution in [2.24, 2.45) is 0 Å². The molecule has 27 heavy (non-hydrogen) atoms. The number of halogens is 1. The van der Waals surface area contributed by atoms with Crippen LogP contribution in [0.15, 0.2) is 74.8 Å². The van der Waals surface area contributed by atoms with E-state index in [1.165, 1.54) is 37.8 Å². The van der Waals surface area contributed by atoms with Crippen molar-refractivity contribution in [1.82, 2.24) is 0 Å². The molecule has 0 spiro atoms. The third kappa shape index (κ3) is 4.50. The molecular weight excluding hydrogens is 436 g/mol. The monoisotopic (exact) mass is 450 g/mol. The summed E-state index contributed by atoms with van der Waals surface area (Å²) in [6.45, 7) is 0. The van der Waals surface area contributed by atoms with Crippen LogP contribution in [-0.4, -0.2) is 21.4 Å². The summed E-state index contributed by atoms with van der Waals surface area (Å²) in [4.78, 5) is 12.1. The summed E-state index contributed by atoms with van der Waals surface area (Å²) in [6.07, 6.45) is 2.69. The highest BCUT2D eigenvalue weighted by Gasteiger charge is 2.16. The van der Waals surface area contributed by atoms with Gasteiger partial charge in [0.1, 0.15) is 12.0 Å². The van der Waals surface area contributed by atoms with E-state index in [-0.39, 0.29) is 4.90 Å². The van der Waals surface area contributed by atoms with Gasteiger partial charge >= 0.3 is 0 Å². The topological polar surface area (TPSA) is 97.6 Å². The highest BCUT2D eigenvalue weighted by Crippen LogP contribution is 2.29. The van der Waals surface area contributed by atoms with Crippen LogP contribution < -0.4 is 14.8 Å². The number of carbonyl (C=O) groups excluding carboxylic acids is 1. The molecule has 3 aromatic rings. The average Bonchev–Trinajstić information content (AvgIpc) is 3.17. The van der Waals surface area contributed by atoms with Crippen LogP contribution in [0.25, 0.3) is 0 Å². The van der Waals surface area contributed by atoms with E-state index in [1.54, 1.807) is 30.3 Å². The number of carbonyl (C=O) groups is 1. The molecule has 0 aliphatic heterocycles. The third-order valence-corrected chi connectivity index (χ3v) is 5.59. The molecular formula is C18H15BrN2O5S. The summed E-state index contributed by atoms with van der Waals surface area (Å²) < 4.78 is 38.4. The quantitative estimate of drug-likeness (QED) is 0.588. The predicted octanol–water partition coefficient (Wildman–Crippen LogP) is 4.10. The number of nitrogens with one attached hydrogen (secondary N) is 2. The second-order valence-corrected chi connectivity index (χ2v) is 7.99. The van der Waals surface area contributed by atoms with Crippen molar-refractivity contribution >= 4 is 43.2 Å². The molecule has 0 radical (unpaired) electrons. The molecule has 3 rings (SSSR count). The number of furan rings is 1. The van der Waals surface area contributed by atoms with Crippen LogP contribution in [-0.2, 0) is 10.0 Å². The van der Waals surface area contributed by atoms with Gasteiger partial charge in [0, 0.05) is 5.69 Å². The fraction of sp³-hybridized carbons (Fsp3) is 0.0556. The summed E-state index contributed by atoms with van der Waals surface area (Å²) >= 11 is 3.31. The smallest absolute Gasteiger partial charge is 0.261 e. The van der Waals surface area contributed by atoms with E-state index >= 15 is 0 Å². The van der Waals surface area contributed by atoms with Crippen LogP contribution in [0.1, 0.15) is 10.4 Å². The summed E-state index contributed by atoms with van der Waals surface area (Å²) in [5, 5.41) is 2.63. The molecule has 1 aromatic heterocycles. The van der Waals surface area contributed by atoms with Crippen molar-refractivity contribution in [2.45, 2.75) is 4.90 Å². The van der Waals surface area contributed by atoms with E-state index in [0.717, 1.165) is 0 Å². The Balaban J connectivity index is 1.80. The number of anilines is 2. The molecule has 140 valence electrons. The first-order valence-electron chi connectivity index (χ1n) is 7.69. The second kappa shape index (κ2) is 7.85. The molecule has 9 heteroatoms. The number of rotatable bonds is 6. The Bertz CT molecular complexity index is 1070. The molecule has 0 atom stereocenters. The molecule has 0 aliphatic rings. The highest BCUT2D eigenvalue weighted by molar-refractivity contribution is 9.10. The van der Waals surface area contributed by atoms with Gasteiger partial charge < -0.3 is 14.5 Å². The zero-order valence-corrected chi connectivity index (χ0v) is 16.5. The molecule has 0 fully saturated rings. The Morgan fingerprint density at radius 1 is 1.11 bits per heavy atom. The fourth-order valence-electron chi connectivity index (χ4n) is 2.28. The van der Waals surface area contributed by atoms with Gasteiger partial charge in [0.25, 0.3) is 15.9 Å². The van der Waals surface area contributed by atoms with E-state index in [0.29, 0.717) is 27.2 Å². The van der Waals surface area contributed by atoms with E-state index < -0.39 is 15.9 Å². The van der Waals surface area contributed by atoms with Gasteiger partial charge in [-0.1, -0.05) is 6.07 Å². The van der Waals surface area contributed by atoms with E-state index in [2.05, 4.69) is 26.0 Å². The molecule has 0 saturated carbocycles. The lowest BCUT2D eigenvalue weighted by Gasteiger charge is -2.11. The Kier molecular flexibility index (Phi) is 5.52. The lowest BCUT2D eigenvalue weighted by molar-refractivity contribution is 0.102. The van der Waals surface area contributed by atoms with Crippen molar-refractivity contribution in [3.8, 4) is 5.75 Å². The number of amides is 1. The number of ether oxygens (including phenoxy) is 1. The van der Waals surface area contributed by atoms with Crippen molar-refractivity contribution in [1.29, 1.82) is 0 Å². The van der Waals surface area contributed by atoms with Gasteiger partial charge in [-0.2, -0.15) is 0 Å². The first kappa shape index (κ1) is 19.0. The summed E-state index contributed by atoms with van der Waals surface area (Å²) in [7, 11) is -2.32. The fourth-order valence-corrected chi connectivity index (χ4v) is 3.92. The van der Waals surface area contributed by atoms with Crippen molar-refractivity contribution < 1.29 is 22.4 Å². The first-order valence-corrected chi connectivity index (χ1v) is 9.96. The van der Waals surface area contributed by atoms with Crippen LogP contribution in [0, 0.1) is 0 Å². The van der Waals surface area contributed by atoms with E-state index in [1.807, 2.05) is 0 Å². The maximum absolute atomic E-state index is 12.6. The van der Waals surface area contributed by atoms with Gasteiger partial charge in [0.2, 0.25) is 0 Å². The molecule has 2 aromatic carbocycles. The standard InChI is InChI=1S/C18H15BrN2O5S/c1-25-17-6-5-14(10-16(17)19)21-27(23,24)15-4-2-3-13(9-15)20-18(22)12-7-8-26-11-12/h2-11,21H,1H3,(H,20,22). The zero-order chi connectivity index (χ0) is 19.4. The van der Waals surface area contributed by atoms with Gasteiger partial charge in [0.05, 0.1) is 34.0 Å². The van der Waals surface area contributed by atoms with Crippen molar-refractivity contribution in [3.63, 3.8) is 0 Å². The largest absolute Gasteiger partial charge is 0.496 e. The molecule has 0 bridgehead atoms. The molecule has 7 nitrogen and oxygen atoms in total. The number of sulfonamides is 1. The van der Waals surface area contributed by atoms with Gasteiger partial charge in [0.15, 0.2) is 0 Å². The maximum Gasteiger partial charge on any atom is 0.261 e. The third-order valence-electron chi connectivity index (χ3n) is 3.59. The Morgan fingerprint density at radius 2 is 1.93 bits per heavy atom. The number of hydrogen-bond acceptors (Lipinski definition) is 5. The van der Waals surface area contributed by atoms with Crippen molar-refractivity contribution in [3.05, 3.63) is 71.1 Å². The highest BCUT2D eigenvalue weighted by atomic mass is 79.9. The minimum atomic E-state index is -3.84. The van der Waals surface area contributed by atoms with Gasteiger partial charge in [-0.3, -0.25) is 9.52 Å². The van der Waals surface area contributed by atoms with Gasteiger partial charge in [-0.05, 0) is 58.4 Å². The second-order valence-electron chi connectivity index (χ2n) is 5.45. The van der Waals surface area contributed by atoms with Crippen LogP contribution >= 0.6 is 15.9 Å². The number of benzene rings is 2. The zero-order valence-electron chi connectivity index (χ0n) is 14.1. The number of methoxy groups -OCH3 is 1. The SMILES string of the molecule is COc1ccc(NS(=O)(=O)c2cccc(NC(=O)c3ccoc3)c2)cc1Br. The van der Waals surface area contributed by atoms with Crippen LogP contribution in [0.4, 0.5) is 11.4 Å². The first-order chi connectivity index (χ1) is 12.9. The molecule has 2 N–H and O–H groups in total. The Hall–Kier alpha value is -2.78. The lowest BCUT2D eigenvalue weighted by Crippen LogP contribution is -2.15. The summed E-state index contributed by atoms with van der Waals surface area (Å²) in [6, 6.07) is 12.3. The minimum absolute atomic E-state index is 0.0134. The normalized spacial score (nSPS) is 11.0. The van der Waals surface area contributed by atoms with Gasteiger partial charge in [-0.15, -0.1) is 0 Å². The lowest BCUT2D eigenvalue weighted by atomic mass is 10.3. The predicted molar refractivity (Wildman–Crippen MR) is 105 cm³/mol. The summed E-state index contributed by atoms with van der Waals surface area (Å²) in [5.74, 6) is 0.187. The minimum Gasteiger partial charge on any atom is -0.496 e. The summed E-state index contributed by atoms with van der Waals surface area (Å²) in [5.41, 5.74) is 1.06. The molecule has 0 unspecified atom stereocenters. The molecule has 0 aliphatic carbocycles. The molecule has 0 saturated heterocycles.